The molecule has 0 saturated carbocycles. The Labute approximate surface area is 92.2 Å². The number of rotatable bonds is 3. The monoisotopic (exact) mass is 259 g/mol. The topological polar surface area (TPSA) is 47.0 Å². The van der Waals surface area contributed by atoms with Crippen LogP contribution in [-0.4, -0.2) is 24.1 Å². The molecule has 78 valence electrons. The summed E-state index contributed by atoms with van der Waals surface area (Å²) in [7, 11) is 3.46. The summed E-state index contributed by atoms with van der Waals surface area (Å²) in [6.45, 7) is 3.85. The van der Waals surface area contributed by atoms with Gasteiger partial charge in [-0.1, -0.05) is 0 Å². The number of aromatic nitrogens is 2. The van der Waals surface area contributed by atoms with E-state index in [4.69, 9.17) is 4.74 Å². The Balaban J connectivity index is 3.12. The quantitative estimate of drug-likeness (QED) is 0.904. The van der Waals surface area contributed by atoms with Gasteiger partial charge in [0.05, 0.1) is 4.47 Å². The van der Waals surface area contributed by atoms with Gasteiger partial charge < -0.3 is 10.1 Å². The normalized spacial score (nSPS) is 11.5. The first-order valence-electron chi connectivity index (χ1n) is 4.27. The van der Waals surface area contributed by atoms with E-state index in [1.807, 2.05) is 20.9 Å². The summed E-state index contributed by atoms with van der Waals surface area (Å²) in [5, 5.41) is 2.98. The van der Waals surface area contributed by atoms with Crippen molar-refractivity contribution >= 4 is 21.7 Å². The van der Waals surface area contributed by atoms with Gasteiger partial charge in [0.1, 0.15) is 11.4 Å². The molecule has 0 aliphatic heterocycles. The van der Waals surface area contributed by atoms with Gasteiger partial charge in [-0.05, 0) is 29.8 Å². The molecule has 0 radical (unpaired) electrons. The van der Waals surface area contributed by atoms with Crippen molar-refractivity contribution in [2.75, 3.05) is 19.5 Å². The predicted octanol–water partition coefficient (Wildman–Crippen LogP) is 2.16. The minimum Gasteiger partial charge on any atom is -0.372 e. The summed E-state index contributed by atoms with van der Waals surface area (Å²) in [6, 6.07) is 0. The van der Waals surface area contributed by atoms with E-state index in [0.29, 0.717) is 5.82 Å². The summed E-state index contributed by atoms with van der Waals surface area (Å²) >= 11 is 3.35. The average molecular weight is 260 g/mol. The van der Waals surface area contributed by atoms with Gasteiger partial charge >= 0.3 is 0 Å². The maximum absolute atomic E-state index is 5.29. The summed E-state index contributed by atoms with van der Waals surface area (Å²) in [5.74, 6) is 1.42. The predicted molar refractivity (Wildman–Crippen MR) is 59.3 cm³/mol. The van der Waals surface area contributed by atoms with Gasteiger partial charge in [0, 0.05) is 20.4 Å². The third kappa shape index (κ3) is 2.22. The van der Waals surface area contributed by atoms with Crippen LogP contribution in [0.2, 0.25) is 0 Å². The molecular formula is C9H14BrN3O. The first kappa shape index (κ1) is 11.4. The number of anilines is 1. The lowest BCUT2D eigenvalue weighted by Gasteiger charge is -2.21. The number of hydrogen-bond acceptors (Lipinski definition) is 4. The van der Waals surface area contributed by atoms with Crippen molar-refractivity contribution in [2.45, 2.75) is 19.4 Å². The lowest BCUT2D eigenvalue weighted by molar-refractivity contribution is 0.0115. The smallest absolute Gasteiger partial charge is 0.162 e. The van der Waals surface area contributed by atoms with E-state index in [-0.39, 0.29) is 0 Å². The SMILES string of the molecule is CNc1nc(C(C)(C)OC)ncc1Br. The fraction of sp³-hybridized carbons (Fsp3) is 0.556. The third-order valence-electron chi connectivity index (χ3n) is 2.03. The van der Waals surface area contributed by atoms with Crippen LogP contribution < -0.4 is 5.32 Å². The maximum atomic E-state index is 5.29. The second-order valence-corrected chi connectivity index (χ2v) is 4.21. The zero-order chi connectivity index (χ0) is 10.8. The zero-order valence-electron chi connectivity index (χ0n) is 8.76. The molecule has 0 aromatic carbocycles. The van der Waals surface area contributed by atoms with Crippen LogP contribution in [0.15, 0.2) is 10.7 Å². The minimum absolute atomic E-state index is 0.466. The highest BCUT2D eigenvalue weighted by atomic mass is 79.9. The van der Waals surface area contributed by atoms with Gasteiger partial charge in [0.15, 0.2) is 5.82 Å². The Kier molecular flexibility index (Phi) is 3.44. The van der Waals surface area contributed by atoms with Gasteiger partial charge in [-0.3, -0.25) is 0 Å². The van der Waals surface area contributed by atoms with Gasteiger partial charge in [-0.15, -0.1) is 0 Å². The molecule has 1 heterocycles. The van der Waals surface area contributed by atoms with Crippen molar-refractivity contribution in [3.63, 3.8) is 0 Å². The molecule has 1 rings (SSSR count). The second kappa shape index (κ2) is 4.23. The first-order chi connectivity index (χ1) is 6.51. The lowest BCUT2D eigenvalue weighted by atomic mass is 10.1. The lowest BCUT2D eigenvalue weighted by Crippen LogP contribution is -2.23. The number of ether oxygens (including phenoxy) is 1. The Morgan fingerprint density at radius 3 is 2.64 bits per heavy atom. The summed E-state index contributed by atoms with van der Waals surface area (Å²) in [6.07, 6.45) is 1.72. The van der Waals surface area contributed by atoms with Crippen LogP contribution >= 0.6 is 15.9 Å². The van der Waals surface area contributed by atoms with Crippen LogP contribution in [0.25, 0.3) is 0 Å². The van der Waals surface area contributed by atoms with Gasteiger partial charge in [0.25, 0.3) is 0 Å². The Morgan fingerprint density at radius 1 is 1.50 bits per heavy atom. The van der Waals surface area contributed by atoms with Crippen molar-refractivity contribution in [3.05, 3.63) is 16.5 Å². The highest BCUT2D eigenvalue weighted by Crippen LogP contribution is 2.24. The van der Waals surface area contributed by atoms with Crippen molar-refractivity contribution < 1.29 is 4.74 Å². The van der Waals surface area contributed by atoms with Crippen LogP contribution in [0.5, 0.6) is 0 Å². The molecule has 4 nitrogen and oxygen atoms in total. The summed E-state index contributed by atoms with van der Waals surface area (Å²) in [4.78, 5) is 8.55. The number of halogens is 1. The van der Waals surface area contributed by atoms with Crippen LogP contribution in [0.4, 0.5) is 5.82 Å². The van der Waals surface area contributed by atoms with E-state index in [2.05, 4.69) is 31.2 Å². The standard InChI is InChI=1S/C9H14BrN3O/c1-9(2,14-4)8-12-5-6(10)7(11-3)13-8/h5H,1-4H3,(H,11,12,13). The second-order valence-electron chi connectivity index (χ2n) is 3.35. The van der Waals surface area contributed by atoms with Crippen molar-refractivity contribution in [1.29, 1.82) is 0 Å². The molecule has 1 aromatic heterocycles. The zero-order valence-corrected chi connectivity index (χ0v) is 10.3. The molecule has 0 spiro atoms. The van der Waals surface area contributed by atoms with Crippen molar-refractivity contribution in [3.8, 4) is 0 Å². The number of hydrogen-bond donors (Lipinski definition) is 1. The molecule has 0 bridgehead atoms. The van der Waals surface area contributed by atoms with Crippen molar-refractivity contribution in [2.24, 2.45) is 0 Å². The van der Waals surface area contributed by atoms with Crippen LogP contribution in [0, 0.1) is 0 Å². The average Bonchev–Trinajstić information content (AvgIpc) is 2.18. The van der Waals surface area contributed by atoms with E-state index in [1.165, 1.54) is 0 Å². The van der Waals surface area contributed by atoms with Gasteiger partial charge in [0.2, 0.25) is 0 Å². The summed E-state index contributed by atoms with van der Waals surface area (Å²) in [5.41, 5.74) is -0.466. The fourth-order valence-corrected chi connectivity index (χ4v) is 1.31. The van der Waals surface area contributed by atoms with E-state index >= 15 is 0 Å². The third-order valence-corrected chi connectivity index (χ3v) is 2.61. The van der Waals surface area contributed by atoms with Crippen LogP contribution in [0.1, 0.15) is 19.7 Å². The van der Waals surface area contributed by atoms with Crippen LogP contribution in [0.3, 0.4) is 0 Å². The minimum atomic E-state index is -0.466. The Hall–Kier alpha value is -0.680. The number of methoxy groups -OCH3 is 1. The number of nitrogens with zero attached hydrogens (tertiary/aromatic N) is 2. The van der Waals surface area contributed by atoms with Crippen molar-refractivity contribution in [1.82, 2.24) is 9.97 Å². The molecule has 0 atom stereocenters. The first-order valence-corrected chi connectivity index (χ1v) is 5.06. The molecule has 5 heteroatoms. The largest absolute Gasteiger partial charge is 0.372 e. The molecule has 0 fully saturated rings. The van der Waals surface area contributed by atoms with Gasteiger partial charge in [-0.2, -0.15) is 0 Å². The molecule has 0 amide bonds. The molecule has 0 unspecified atom stereocenters. The fourth-order valence-electron chi connectivity index (χ4n) is 0.924. The molecule has 1 N–H and O–H groups in total. The van der Waals surface area contributed by atoms with E-state index in [1.54, 1.807) is 13.3 Å². The molecule has 14 heavy (non-hydrogen) atoms. The van der Waals surface area contributed by atoms with Crippen LogP contribution in [-0.2, 0) is 10.3 Å². The molecule has 0 aliphatic rings. The van der Waals surface area contributed by atoms with Gasteiger partial charge in [-0.25, -0.2) is 9.97 Å². The molecular weight excluding hydrogens is 246 g/mol. The molecule has 0 saturated heterocycles. The van der Waals surface area contributed by atoms with E-state index < -0.39 is 5.60 Å². The highest BCUT2D eigenvalue weighted by Gasteiger charge is 2.23. The summed E-state index contributed by atoms with van der Waals surface area (Å²) < 4.78 is 6.14. The Morgan fingerprint density at radius 2 is 2.14 bits per heavy atom. The molecule has 1 aromatic rings. The highest BCUT2D eigenvalue weighted by molar-refractivity contribution is 9.10. The van der Waals surface area contributed by atoms with E-state index in [9.17, 15) is 0 Å². The van der Waals surface area contributed by atoms with E-state index in [0.717, 1.165) is 10.3 Å². The molecule has 0 aliphatic carbocycles. The Bertz CT molecular complexity index is 328. The maximum Gasteiger partial charge on any atom is 0.162 e. The number of nitrogens with one attached hydrogen (secondary N) is 1.